The molecule has 0 N–H and O–H groups in total. The first-order valence-electron chi connectivity index (χ1n) is 4.24. The van der Waals surface area contributed by atoms with Crippen molar-refractivity contribution in [1.82, 2.24) is 0 Å². The molecule has 0 atom stereocenters. The second-order valence-corrected chi connectivity index (χ2v) is 3.61. The van der Waals surface area contributed by atoms with Gasteiger partial charge in [-0.2, -0.15) is 0 Å². The third-order valence-electron chi connectivity index (χ3n) is 2.30. The van der Waals surface area contributed by atoms with Gasteiger partial charge in [-0.3, -0.25) is 0 Å². The molecule has 0 aromatic heterocycles. The minimum atomic E-state index is 0.720. The molecule has 0 saturated heterocycles. The summed E-state index contributed by atoms with van der Waals surface area (Å²) in [5.41, 5.74) is 2.36. The standard InChI is InChI=1S/C11H11Cl/c1-2-8-4-3-5-10(11(8)12)9-6-7-9/h2-5,9H,1,6-7H2. The van der Waals surface area contributed by atoms with Crippen LogP contribution in [0.15, 0.2) is 24.8 Å². The van der Waals surface area contributed by atoms with Gasteiger partial charge in [0.05, 0.1) is 5.02 Å². The van der Waals surface area contributed by atoms with Crippen LogP contribution < -0.4 is 0 Å². The lowest BCUT2D eigenvalue weighted by molar-refractivity contribution is 1.13. The van der Waals surface area contributed by atoms with Crippen molar-refractivity contribution in [3.8, 4) is 0 Å². The predicted molar refractivity (Wildman–Crippen MR) is 53.5 cm³/mol. The molecule has 12 heavy (non-hydrogen) atoms. The predicted octanol–water partition coefficient (Wildman–Crippen LogP) is 3.86. The number of hydrogen-bond donors (Lipinski definition) is 0. The van der Waals surface area contributed by atoms with E-state index in [0.717, 1.165) is 16.5 Å². The Labute approximate surface area is 77.9 Å². The summed E-state index contributed by atoms with van der Waals surface area (Å²) in [4.78, 5) is 0. The SMILES string of the molecule is C=Cc1cccc(C2CC2)c1Cl. The average molecular weight is 179 g/mol. The van der Waals surface area contributed by atoms with Gasteiger partial charge < -0.3 is 0 Å². The largest absolute Gasteiger partial charge is 0.0984 e. The quantitative estimate of drug-likeness (QED) is 0.645. The Morgan fingerprint density at radius 3 is 2.75 bits per heavy atom. The second kappa shape index (κ2) is 2.95. The van der Waals surface area contributed by atoms with Crippen molar-refractivity contribution in [2.45, 2.75) is 18.8 Å². The molecule has 1 aromatic rings. The molecule has 62 valence electrons. The summed E-state index contributed by atoms with van der Waals surface area (Å²) in [6.45, 7) is 3.73. The van der Waals surface area contributed by atoms with Crippen LogP contribution >= 0.6 is 11.6 Å². The molecule has 0 radical (unpaired) electrons. The first-order valence-corrected chi connectivity index (χ1v) is 4.61. The Morgan fingerprint density at radius 2 is 2.17 bits per heavy atom. The van der Waals surface area contributed by atoms with E-state index in [0.29, 0.717) is 0 Å². The van der Waals surface area contributed by atoms with E-state index in [1.807, 2.05) is 12.1 Å². The van der Waals surface area contributed by atoms with Gasteiger partial charge >= 0.3 is 0 Å². The molecule has 1 aromatic carbocycles. The lowest BCUT2D eigenvalue weighted by atomic mass is 10.1. The van der Waals surface area contributed by atoms with E-state index in [4.69, 9.17) is 11.6 Å². The highest BCUT2D eigenvalue weighted by atomic mass is 35.5. The van der Waals surface area contributed by atoms with Crippen LogP contribution in [-0.4, -0.2) is 0 Å². The summed E-state index contributed by atoms with van der Waals surface area (Å²) < 4.78 is 0. The highest BCUT2D eigenvalue weighted by Crippen LogP contribution is 2.44. The van der Waals surface area contributed by atoms with Crippen molar-refractivity contribution in [3.05, 3.63) is 40.9 Å². The normalized spacial score (nSPS) is 16.1. The number of rotatable bonds is 2. The molecule has 0 spiro atoms. The zero-order valence-electron chi connectivity index (χ0n) is 6.89. The topological polar surface area (TPSA) is 0 Å². The monoisotopic (exact) mass is 178 g/mol. The van der Waals surface area contributed by atoms with Gasteiger partial charge in [0.25, 0.3) is 0 Å². The molecule has 0 amide bonds. The summed E-state index contributed by atoms with van der Waals surface area (Å²) in [5, 5.41) is 0.898. The lowest BCUT2D eigenvalue weighted by Gasteiger charge is -2.04. The van der Waals surface area contributed by atoms with Crippen molar-refractivity contribution in [2.75, 3.05) is 0 Å². The molecule has 1 aliphatic rings. The molecule has 1 fully saturated rings. The van der Waals surface area contributed by atoms with Crippen LogP contribution in [0.5, 0.6) is 0 Å². The summed E-state index contributed by atoms with van der Waals surface area (Å²) in [6.07, 6.45) is 4.40. The highest BCUT2D eigenvalue weighted by molar-refractivity contribution is 6.32. The molecule has 0 bridgehead atoms. The van der Waals surface area contributed by atoms with Gasteiger partial charge in [0.1, 0.15) is 0 Å². The van der Waals surface area contributed by atoms with Crippen LogP contribution in [0.4, 0.5) is 0 Å². The molecular weight excluding hydrogens is 168 g/mol. The smallest absolute Gasteiger partial charge is 0.0512 e. The summed E-state index contributed by atoms with van der Waals surface area (Å²) in [5.74, 6) is 0.720. The Balaban J connectivity index is 2.47. The maximum absolute atomic E-state index is 6.17. The minimum Gasteiger partial charge on any atom is -0.0984 e. The maximum atomic E-state index is 6.17. The molecule has 2 rings (SSSR count). The Bertz CT molecular complexity index is 311. The van der Waals surface area contributed by atoms with Crippen molar-refractivity contribution >= 4 is 17.7 Å². The first-order chi connectivity index (χ1) is 5.83. The Morgan fingerprint density at radius 1 is 1.42 bits per heavy atom. The summed E-state index contributed by atoms with van der Waals surface area (Å²) in [7, 11) is 0. The highest BCUT2D eigenvalue weighted by Gasteiger charge is 2.25. The third kappa shape index (κ3) is 1.27. The van der Waals surface area contributed by atoms with E-state index in [9.17, 15) is 0 Å². The van der Waals surface area contributed by atoms with Crippen LogP contribution in [-0.2, 0) is 0 Å². The van der Waals surface area contributed by atoms with Crippen molar-refractivity contribution in [2.24, 2.45) is 0 Å². The first kappa shape index (κ1) is 7.88. The maximum Gasteiger partial charge on any atom is 0.0512 e. The molecule has 1 saturated carbocycles. The molecule has 0 heterocycles. The number of benzene rings is 1. The van der Waals surface area contributed by atoms with E-state index in [1.54, 1.807) is 0 Å². The van der Waals surface area contributed by atoms with Crippen LogP contribution in [0.3, 0.4) is 0 Å². The molecule has 0 unspecified atom stereocenters. The van der Waals surface area contributed by atoms with E-state index >= 15 is 0 Å². The summed E-state index contributed by atoms with van der Waals surface area (Å²) >= 11 is 6.17. The lowest BCUT2D eigenvalue weighted by Crippen LogP contribution is -1.83. The van der Waals surface area contributed by atoms with Gasteiger partial charge in [0.2, 0.25) is 0 Å². The van der Waals surface area contributed by atoms with Crippen molar-refractivity contribution < 1.29 is 0 Å². The van der Waals surface area contributed by atoms with Gasteiger partial charge in [-0.1, -0.05) is 42.5 Å². The van der Waals surface area contributed by atoms with Gasteiger partial charge in [-0.15, -0.1) is 0 Å². The third-order valence-corrected chi connectivity index (χ3v) is 2.73. The molecular formula is C11H11Cl. The van der Waals surface area contributed by atoms with E-state index in [1.165, 1.54) is 18.4 Å². The van der Waals surface area contributed by atoms with E-state index < -0.39 is 0 Å². The number of hydrogen-bond acceptors (Lipinski definition) is 0. The minimum absolute atomic E-state index is 0.720. The molecule has 1 aliphatic carbocycles. The van der Waals surface area contributed by atoms with Crippen LogP contribution in [0, 0.1) is 0 Å². The fourth-order valence-electron chi connectivity index (χ4n) is 1.44. The summed E-state index contributed by atoms with van der Waals surface area (Å²) in [6, 6.07) is 6.17. The average Bonchev–Trinajstić information content (AvgIpc) is 2.88. The van der Waals surface area contributed by atoms with Gasteiger partial charge in [0.15, 0.2) is 0 Å². The fourth-order valence-corrected chi connectivity index (χ4v) is 1.79. The van der Waals surface area contributed by atoms with Gasteiger partial charge in [-0.05, 0) is 29.9 Å². The zero-order chi connectivity index (χ0) is 8.55. The molecule has 0 nitrogen and oxygen atoms in total. The number of halogens is 1. The van der Waals surface area contributed by atoms with Crippen LogP contribution in [0.25, 0.3) is 6.08 Å². The van der Waals surface area contributed by atoms with E-state index in [2.05, 4.69) is 18.7 Å². The van der Waals surface area contributed by atoms with Crippen molar-refractivity contribution in [1.29, 1.82) is 0 Å². The van der Waals surface area contributed by atoms with Crippen LogP contribution in [0.1, 0.15) is 29.9 Å². The van der Waals surface area contributed by atoms with E-state index in [-0.39, 0.29) is 0 Å². The molecule has 0 aliphatic heterocycles. The van der Waals surface area contributed by atoms with Crippen LogP contribution in [0.2, 0.25) is 5.02 Å². The van der Waals surface area contributed by atoms with Gasteiger partial charge in [0, 0.05) is 0 Å². The Kier molecular flexibility index (Phi) is 1.93. The van der Waals surface area contributed by atoms with Gasteiger partial charge in [-0.25, -0.2) is 0 Å². The van der Waals surface area contributed by atoms with Crippen molar-refractivity contribution in [3.63, 3.8) is 0 Å². The second-order valence-electron chi connectivity index (χ2n) is 3.23. The fraction of sp³-hybridized carbons (Fsp3) is 0.273. The zero-order valence-corrected chi connectivity index (χ0v) is 7.64. The molecule has 1 heteroatoms. The Hall–Kier alpha value is -0.750.